The number of thioether (sulfide) groups is 1. The standard InChI is InChI=1S/C21H16N2O4S/c24-20-19(28-21(25)23-20)9-12-5-3-6-17-16(12)11-14(22-17)10-15-8-13-4-1-2-7-18(13)27-26-15/h1-7,9,11,15,22H,8,10H2,(H,23,24,25). The van der Waals surface area contributed by atoms with Crippen LogP contribution in [0, 0.1) is 0 Å². The number of aromatic amines is 1. The van der Waals surface area contributed by atoms with Crippen molar-refractivity contribution in [3.8, 4) is 5.75 Å². The Bertz CT molecular complexity index is 1130. The lowest BCUT2D eigenvalue weighted by Crippen LogP contribution is -2.25. The van der Waals surface area contributed by atoms with Crippen molar-refractivity contribution in [2.75, 3.05) is 0 Å². The normalized spacial score (nSPS) is 20.3. The first-order valence-electron chi connectivity index (χ1n) is 8.92. The van der Waals surface area contributed by atoms with E-state index in [4.69, 9.17) is 9.78 Å². The van der Waals surface area contributed by atoms with Crippen LogP contribution in [-0.2, 0) is 22.5 Å². The predicted octanol–water partition coefficient (Wildman–Crippen LogP) is 3.97. The summed E-state index contributed by atoms with van der Waals surface area (Å²) in [5.41, 5.74) is 4.01. The minimum Gasteiger partial charge on any atom is -0.358 e. The molecule has 6 nitrogen and oxygen atoms in total. The van der Waals surface area contributed by atoms with Gasteiger partial charge in [-0.25, -0.2) is 0 Å². The minimum absolute atomic E-state index is 0.0847. The summed E-state index contributed by atoms with van der Waals surface area (Å²) >= 11 is 0.921. The number of aromatic nitrogens is 1. The fraction of sp³-hybridized carbons (Fsp3) is 0.143. The Kier molecular flexibility index (Phi) is 4.18. The molecule has 1 saturated heterocycles. The van der Waals surface area contributed by atoms with Gasteiger partial charge in [-0.3, -0.25) is 14.9 Å². The van der Waals surface area contributed by atoms with Crippen molar-refractivity contribution in [1.82, 2.24) is 10.3 Å². The van der Waals surface area contributed by atoms with E-state index < -0.39 is 0 Å². The van der Waals surface area contributed by atoms with Crippen molar-refractivity contribution in [2.45, 2.75) is 18.9 Å². The molecule has 2 aromatic carbocycles. The SMILES string of the molecule is O=C1NC(=O)C(=Cc2cccc3[nH]c(CC4Cc5ccccc5OO4)cc23)S1. The third-order valence-corrected chi connectivity index (χ3v) is 5.63. The van der Waals surface area contributed by atoms with E-state index in [0.29, 0.717) is 11.3 Å². The second kappa shape index (κ2) is 6.85. The molecule has 2 N–H and O–H groups in total. The molecule has 1 aromatic heterocycles. The molecule has 0 aliphatic carbocycles. The Hall–Kier alpha value is -3.03. The fourth-order valence-corrected chi connectivity index (χ4v) is 4.21. The van der Waals surface area contributed by atoms with Gasteiger partial charge in [0.05, 0.1) is 4.91 Å². The summed E-state index contributed by atoms with van der Waals surface area (Å²) in [6, 6.07) is 15.8. The molecule has 0 saturated carbocycles. The number of carbonyl (C=O) groups excluding carboxylic acids is 2. The quantitative estimate of drug-likeness (QED) is 0.521. The van der Waals surface area contributed by atoms with Crippen LogP contribution in [0.4, 0.5) is 4.79 Å². The lowest BCUT2D eigenvalue weighted by Gasteiger charge is -2.23. The molecule has 3 aromatic rings. The van der Waals surface area contributed by atoms with Crippen molar-refractivity contribution >= 4 is 39.9 Å². The lowest BCUT2D eigenvalue weighted by molar-refractivity contribution is -0.254. The van der Waals surface area contributed by atoms with Gasteiger partial charge in [-0.05, 0) is 41.6 Å². The van der Waals surface area contributed by atoms with Crippen LogP contribution in [-0.4, -0.2) is 22.2 Å². The Labute approximate surface area is 164 Å². The lowest BCUT2D eigenvalue weighted by atomic mass is 10.0. The van der Waals surface area contributed by atoms with Crippen molar-refractivity contribution in [3.63, 3.8) is 0 Å². The molecule has 1 atom stereocenters. The maximum atomic E-state index is 11.8. The Morgan fingerprint density at radius 2 is 2.04 bits per heavy atom. The van der Waals surface area contributed by atoms with Gasteiger partial charge >= 0.3 is 0 Å². The number of rotatable bonds is 3. The van der Waals surface area contributed by atoms with Crippen molar-refractivity contribution < 1.29 is 19.4 Å². The number of H-pyrrole nitrogens is 1. The predicted molar refractivity (Wildman–Crippen MR) is 107 cm³/mol. The first-order valence-corrected chi connectivity index (χ1v) is 9.74. The van der Waals surface area contributed by atoms with Crippen LogP contribution in [0.25, 0.3) is 17.0 Å². The van der Waals surface area contributed by atoms with Gasteiger partial charge in [0.25, 0.3) is 11.1 Å². The number of carbonyl (C=O) groups is 2. The van der Waals surface area contributed by atoms with Crippen LogP contribution in [0.1, 0.15) is 16.8 Å². The number of hydrogen-bond donors (Lipinski definition) is 2. The third-order valence-electron chi connectivity index (χ3n) is 4.82. The van der Waals surface area contributed by atoms with Gasteiger partial charge < -0.3 is 9.87 Å². The molecule has 140 valence electrons. The minimum atomic E-state index is -0.353. The van der Waals surface area contributed by atoms with E-state index in [0.717, 1.165) is 51.7 Å². The van der Waals surface area contributed by atoms with E-state index >= 15 is 0 Å². The van der Waals surface area contributed by atoms with Crippen molar-refractivity contribution in [3.05, 3.63) is 70.3 Å². The zero-order chi connectivity index (χ0) is 19.1. The second-order valence-corrected chi connectivity index (χ2v) is 7.79. The average Bonchev–Trinajstić information content (AvgIpc) is 3.24. The van der Waals surface area contributed by atoms with Crippen LogP contribution >= 0.6 is 11.8 Å². The van der Waals surface area contributed by atoms with Gasteiger partial charge in [-0.2, -0.15) is 4.89 Å². The van der Waals surface area contributed by atoms with Gasteiger partial charge in [0.1, 0.15) is 6.10 Å². The molecule has 0 radical (unpaired) electrons. The summed E-state index contributed by atoms with van der Waals surface area (Å²) in [7, 11) is 0. The molecule has 3 heterocycles. The number of amides is 2. The smallest absolute Gasteiger partial charge is 0.290 e. The number of para-hydroxylation sites is 1. The zero-order valence-corrected chi connectivity index (χ0v) is 15.5. The Morgan fingerprint density at radius 1 is 1.14 bits per heavy atom. The highest BCUT2D eigenvalue weighted by atomic mass is 32.2. The summed E-state index contributed by atoms with van der Waals surface area (Å²) in [6.45, 7) is 0. The summed E-state index contributed by atoms with van der Waals surface area (Å²) in [5, 5.41) is 2.94. The molecule has 1 unspecified atom stereocenters. The third kappa shape index (κ3) is 3.19. The number of imide groups is 1. The van der Waals surface area contributed by atoms with E-state index in [2.05, 4.69) is 16.4 Å². The molecule has 2 aliphatic heterocycles. The molecule has 2 aliphatic rings. The average molecular weight is 392 g/mol. The highest BCUT2D eigenvalue weighted by Crippen LogP contribution is 2.30. The van der Waals surface area contributed by atoms with Gasteiger partial charge in [-0.1, -0.05) is 30.3 Å². The molecule has 0 bridgehead atoms. The molecule has 7 heteroatoms. The zero-order valence-electron chi connectivity index (χ0n) is 14.7. The first-order chi connectivity index (χ1) is 13.7. The Morgan fingerprint density at radius 3 is 2.89 bits per heavy atom. The van der Waals surface area contributed by atoms with Crippen LogP contribution < -0.4 is 10.2 Å². The summed E-state index contributed by atoms with van der Waals surface area (Å²) < 4.78 is 0. The van der Waals surface area contributed by atoms with Crippen LogP contribution in [0.3, 0.4) is 0 Å². The first kappa shape index (κ1) is 17.1. The molecule has 28 heavy (non-hydrogen) atoms. The summed E-state index contributed by atoms with van der Waals surface area (Å²) in [5.74, 6) is 0.417. The largest absolute Gasteiger partial charge is 0.358 e. The van der Waals surface area contributed by atoms with Gasteiger partial charge in [0, 0.05) is 35.0 Å². The van der Waals surface area contributed by atoms with E-state index in [1.54, 1.807) is 6.08 Å². The maximum absolute atomic E-state index is 11.8. The molecule has 5 rings (SSSR count). The topological polar surface area (TPSA) is 80.4 Å². The summed E-state index contributed by atoms with van der Waals surface area (Å²) in [6.07, 6.45) is 3.12. The van der Waals surface area contributed by atoms with E-state index in [1.807, 2.05) is 42.5 Å². The monoisotopic (exact) mass is 392 g/mol. The van der Waals surface area contributed by atoms with E-state index in [-0.39, 0.29) is 17.3 Å². The van der Waals surface area contributed by atoms with Crippen LogP contribution in [0.2, 0.25) is 0 Å². The van der Waals surface area contributed by atoms with Crippen molar-refractivity contribution in [2.24, 2.45) is 0 Å². The molecular weight excluding hydrogens is 376 g/mol. The molecule has 1 fully saturated rings. The maximum Gasteiger partial charge on any atom is 0.290 e. The highest BCUT2D eigenvalue weighted by Gasteiger charge is 2.25. The van der Waals surface area contributed by atoms with Gasteiger partial charge in [0.15, 0.2) is 5.75 Å². The second-order valence-electron chi connectivity index (χ2n) is 6.77. The van der Waals surface area contributed by atoms with Crippen LogP contribution in [0.15, 0.2) is 53.4 Å². The molecule has 0 spiro atoms. The molecular formula is C21H16N2O4S. The number of hydrogen-bond acceptors (Lipinski definition) is 5. The number of nitrogens with one attached hydrogen (secondary N) is 2. The van der Waals surface area contributed by atoms with Gasteiger partial charge in [0.2, 0.25) is 0 Å². The summed E-state index contributed by atoms with van der Waals surface area (Å²) in [4.78, 5) is 38.0. The number of fused-ring (bicyclic) bond motifs is 2. The molecule has 2 amide bonds. The van der Waals surface area contributed by atoms with E-state index in [9.17, 15) is 9.59 Å². The number of benzene rings is 2. The van der Waals surface area contributed by atoms with Crippen molar-refractivity contribution in [1.29, 1.82) is 0 Å². The van der Waals surface area contributed by atoms with Gasteiger partial charge in [-0.15, -0.1) is 0 Å². The highest BCUT2D eigenvalue weighted by molar-refractivity contribution is 8.18. The van der Waals surface area contributed by atoms with E-state index in [1.165, 1.54) is 0 Å². The van der Waals surface area contributed by atoms with Crippen LogP contribution in [0.5, 0.6) is 5.75 Å². The Balaban J connectivity index is 1.41. The fourth-order valence-electron chi connectivity index (χ4n) is 3.54.